The minimum absolute atomic E-state index is 0.0967. The molecule has 1 aromatic carbocycles. The average molecular weight is 318 g/mol. The number of nitrogens with one attached hydrogen (secondary N) is 1. The summed E-state index contributed by atoms with van der Waals surface area (Å²) in [6.07, 6.45) is 0.888. The summed E-state index contributed by atoms with van der Waals surface area (Å²) in [5.74, 6) is -0.889. The Kier molecular flexibility index (Phi) is 5.32. The van der Waals surface area contributed by atoms with E-state index in [1.807, 2.05) is 6.07 Å². The Morgan fingerprint density at radius 3 is 2.77 bits per heavy atom. The lowest BCUT2D eigenvalue weighted by atomic mass is 9.93. The van der Waals surface area contributed by atoms with Crippen LogP contribution in [0.25, 0.3) is 0 Å². The molecule has 0 aliphatic heterocycles. The molecule has 4 nitrogen and oxygen atoms in total. The highest BCUT2D eigenvalue weighted by molar-refractivity contribution is 7.09. The predicted octanol–water partition coefficient (Wildman–Crippen LogP) is 3.47. The fourth-order valence-corrected chi connectivity index (χ4v) is 3.04. The Bertz CT molecular complexity index is 644. The first kappa shape index (κ1) is 16.6. The second-order valence-corrected chi connectivity index (χ2v) is 7.25. The van der Waals surface area contributed by atoms with Crippen LogP contribution in [-0.4, -0.2) is 22.6 Å². The Morgan fingerprint density at radius 1 is 1.36 bits per heavy atom. The van der Waals surface area contributed by atoms with Crippen LogP contribution in [0.1, 0.15) is 47.4 Å². The van der Waals surface area contributed by atoms with Crippen LogP contribution in [-0.2, 0) is 18.4 Å². The summed E-state index contributed by atoms with van der Waals surface area (Å²) in [6, 6.07) is 7.02. The summed E-state index contributed by atoms with van der Waals surface area (Å²) in [4.78, 5) is 15.6. The van der Waals surface area contributed by atoms with Gasteiger partial charge < -0.3 is 10.4 Å². The number of aromatic nitrogens is 1. The van der Waals surface area contributed by atoms with E-state index in [-0.39, 0.29) is 5.41 Å². The third-order valence-electron chi connectivity index (χ3n) is 3.34. The summed E-state index contributed by atoms with van der Waals surface area (Å²) in [5, 5.41) is 15.6. The second-order valence-electron chi connectivity index (χ2n) is 6.31. The highest BCUT2D eigenvalue weighted by atomic mass is 32.1. The highest BCUT2D eigenvalue weighted by Crippen LogP contribution is 2.23. The van der Waals surface area contributed by atoms with Crippen molar-refractivity contribution in [3.05, 3.63) is 51.5 Å². The zero-order chi connectivity index (χ0) is 16.2. The van der Waals surface area contributed by atoms with Crippen LogP contribution in [0, 0.1) is 0 Å². The van der Waals surface area contributed by atoms with E-state index in [2.05, 4.69) is 36.5 Å². The summed E-state index contributed by atoms with van der Waals surface area (Å²) < 4.78 is 0. The molecule has 0 amide bonds. The molecular weight excluding hydrogens is 296 g/mol. The minimum atomic E-state index is -0.889. The first-order valence-electron chi connectivity index (χ1n) is 7.34. The van der Waals surface area contributed by atoms with Gasteiger partial charge in [-0.25, -0.2) is 9.78 Å². The minimum Gasteiger partial charge on any atom is -0.478 e. The Hall–Kier alpha value is -1.72. The zero-order valence-corrected chi connectivity index (χ0v) is 14.0. The Balaban J connectivity index is 1.81. The molecule has 0 saturated carbocycles. The number of benzene rings is 1. The van der Waals surface area contributed by atoms with Gasteiger partial charge in [0.25, 0.3) is 0 Å². The summed E-state index contributed by atoms with van der Waals surface area (Å²) >= 11 is 1.70. The van der Waals surface area contributed by atoms with Crippen molar-refractivity contribution in [2.45, 2.75) is 39.2 Å². The largest absolute Gasteiger partial charge is 0.478 e. The van der Waals surface area contributed by atoms with Crippen molar-refractivity contribution in [2.24, 2.45) is 0 Å². The molecule has 118 valence electrons. The van der Waals surface area contributed by atoms with Gasteiger partial charge in [0.15, 0.2) is 0 Å². The van der Waals surface area contributed by atoms with Crippen LogP contribution in [0.15, 0.2) is 29.6 Å². The van der Waals surface area contributed by atoms with Crippen LogP contribution < -0.4 is 5.32 Å². The van der Waals surface area contributed by atoms with E-state index < -0.39 is 5.97 Å². The molecule has 0 saturated heterocycles. The topological polar surface area (TPSA) is 62.2 Å². The van der Waals surface area contributed by atoms with Crippen molar-refractivity contribution >= 4 is 17.3 Å². The molecule has 0 radical (unpaired) electrons. The van der Waals surface area contributed by atoms with Crippen LogP contribution in [0.5, 0.6) is 0 Å². The molecule has 2 aromatic rings. The van der Waals surface area contributed by atoms with Gasteiger partial charge in [0.2, 0.25) is 0 Å². The molecule has 0 unspecified atom stereocenters. The van der Waals surface area contributed by atoms with E-state index >= 15 is 0 Å². The number of carboxylic acids is 1. The summed E-state index contributed by atoms with van der Waals surface area (Å²) in [7, 11) is 0. The smallest absolute Gasteiger partial charge is 0.335 e. The molecule has 1 aromatic heterocycles. The Labute approximate surface area is 135 Å². The molecule has 0 bridgehead atoms. The number of hydrogen-bond donors (Lipinski definition) is 2. The van der Waals surface area contributed by atoms with Gasteiger partial charge >= 0.3 is 5.97 Å². The van der Waals surface area contributed by atoms with Gasteiger partial charge in [-0.2, -0.15) is 0 Å². The average Bonchev–Trinajstić information content (AvgIpc) is 2.93. The lowest BCUT2D eigenvalue weighted by molar-refractivity contribution is 0.0696. The summed E-state index contributed by atoms with van der Waals surface area (Å²) in [5.41, 5.74) is 2.55. The number of rotatable bonds is 6. The van der Waals surface area contributed by atoms with Crippen molar-refractivity contribution in [1.29, 1.82) is 0 Å². The molecule has 0 aliphatic carbocycles. The first-order valence-corrected chi connectivity index (χ1v) is 8.22. The van der Waals surface area contributed by atoms with E-state index in [1.54, 1.807) is 29.5 Å². The fourth-order valence-electron chi connectivity index (χ4n) is 2.01. The van der Waals surface area contributed by atoms with E-state index in [9.17, 15) is 4.79 Å². The fraction of sp³-hybridized carbons (Fsp3) is 0.412. The number of hydrogen-bond acceptors (Lipinski definition) is 4. The molecular formula is C17H22N2O2S. The monoisotopic (exact) mass is 318 g/mol. The van der Waals surface area contributed by atoms with Gasteiger partial charge in [0.1, 0.15) is 0 Å². The molecule has 22 heavy (non-hydrogen) atoms. The van der Waals surface area contributed by atoms with Gasteiger partial charge in [-0.1, -0.05) is 32.9 Å². The zero-order valence-electron chi connectivity index (χ0n) is 13.2. The number of aromatic carboxylic acids is 1. The second kappa shape index (κ2) is 7.03. The molecule has 0 aliphatic rings. The third kappa shape index (κ3) is 4.64. The van der Waals surface area contributed by atoms with E-state index in [4.69, 9.17) is 5.11 Å². The molecule has 0 atom stereocenters. The van der Waals surface area contributed by atoms with Gasteiger partial charge in [-0.15, -0.1) is 11.3 Å². The van der Waals surface area contributed by atoms with Crippen molar-refractivity contribution < 1.29 is 9.90 Å². The van der Waals surface area contributed by atoms with E-state index in [0.29, 0.717) is 12.1 Å². The number of thiazole rings is 1. The standard InChI is InChI=1S/C17H22N2O2S/c1-17(2,3)14-11-22-15(19-14)7-8-18-10-12-5-4-6-13(9-12)16(20)21/h4-6,9,11,18H,7-8,10H2,1-3H3,(H,20,21). The SMILES string of the molecule is CC(C)(C)c1csc(CCNCc2cccc(C(=O)O)c2)n1. The lowest BCUT2D eigenvalue weighted by Gasteiger charge is -2.14. The van der Waals surface area contributed by atoms with Gasteiger partial charge in [0.05, 0.1) is 16.3 Å². The van der Waals surface area contributed by atoms with Gasteiger partial charge in [-0.3, -0.25) is 0 Å². The molecule has 5 heteroatoms. The quantitative estimate of drug-likeness (QED) is 0.801. The number of carboxylic acid groups (broad SMARTS) is 1. The third-order valence-corrected chi connectivity index (χ3v) is 4.25. The van der Waals surface area contributed by atoms with Crippen molar-refractivity contribution in [2.75, 3.05) is 6.54 Å². The van der Waals surface area contributed by atoms with Crippen LogP contribution in [0.3, 0.4) is 0 Å². The predicted molar refractivity (Wildman–Crippen MR) is 89.6 cm³/mol. The number of nitrogens with zero attached hydrogens (tertiary/aromatic N) is 1. The van der Waals surface area contributed by atoms with Crippen molar-refractivity contribution in [3.63, 3.8) is 0 Å². The molecule has 0 spiro atoms. The van der Waals surface area contributed by atoms with Crippen LogP contribution in [0.2, 0.25) is 0 Å². The van der Waals surface area contributed by atoms with Crippen molar-refractivity contribution in [1.82, 2.24) is 10.3 Å². The maximum absolute atomic E-state index is 10.9. The van der Waals surface area contributed by atoms with Crippen LogP contribution >= 0.6 is 11.3 Å². The maximum Gasteiger partial charge on any atom is 0.335 e. The molecule has 0 fully saturated rings. The molecule has 2 rings (SSSR count). The molecule has 1 heterocycles. The molecule has 2 N–H and O–H groups in total. The summed E-state index contributed by atoms with van der Waals surface area (Å²) in [6.45, 7) is 7.99. The van der Waals surface area contributed by atoms with E-state index in [0.717, 1.165) is 29.2 Å². The van der Waals surface area contributed by atoms with Crippen molar-refractivity contribution in [3.8, 4) is 0 Å². The number of carbonyl (C=O) groups is 1. The lowest BCUT2D eigenvalue weighted by Crippen LogP contribution is -2.17. The normalized spacial score (nSPS) is 11.6. The van der Waals surface area contributed by atoms with E-state index in [1.165, 1.54) is 0 Å². The Morgan fingerprint density at radius 2 is 2.14 bits per heavy atom. The maximum atomic E-state index is 10.9. The van der Waals surface area contributed by atoms with Gasteiger partial charge in [0, 0.05) is 30.3 Å². The highest BCUT2D eigenvalue weighted by Gasteiger charge is 2.17. The van der Waals surface area contributed by atoms with Crippen LogP contribution in [0.4, 0.5) is 0 Å². The van der Waals surface area contributed by atoms with Gasteiger partial charge in [-0.05, 0) is 17.7 Å². The first-order chi connectivity index (χ1) is 10.4.